The Morgan fingerprint density at radius 2 is 1.68 bits per heavy atom. The molecule has 2 amide bonds. The number of rotatable bonds is 9. The number of benzene rings is 3. The van der Waals surface area contributed by atoms with E-state index in [0.29, 0.717) is 23.3 Å². The highest BCUT2D eigenvalue weighted by molar-refractivity contribution is 7.15. The van der Waals surface area contributed by atoms with E-state index < -0.39 is 0 Å². The highest BCUT2D eigenvalue weighted by Gasteiger charge is 2.22. The number of hydrogen-bond acceptors (Lipinski definition) is 5. The van der Waals surface area contributed by atoms with Crippen LogP contribution in [0.5, 0.6) is 0 Å². The molecule has 0 aliphatic rings. The molecular formula is C30H27N3O3S. The number of carbonyl (C=O) groups is 2. The van der Waals surface area contributed by atoms with Crippen molar-refractivity contribution in [1.82, 2.24) is 15.6 Å². The Labute approximate surface area is 219 Å². The molecule has 3 aromatic carbocycles. The van der Waals surface area contributed by atoms with Gasteiger partial charge in [-0.1, -0.05) is 66.7 Å². The fraction of sp³-hybridized carbons (Fsp3) is 0.167. The summed E-state index contributed by atoms with van der Waals surface area (Å²) in [4.78, 5) is 31.9. The van der Waals surface area contributed by atoms with Gasteiger partial charge in [0.1, 0.15) is 11.3 Å². The molecule has 0 aliphatic heterocycles. The van der Waals surface area contributed by atoms with Gasteiger partial charge in [0.2, 0.25) is 0 Å². The first-order valence-corrected chi connectivity index (χ1v) is 13.0. The van der Waals surface area contributed by atoms with Crippen LogP contribution in [0.2, 0.25) is 0 Å². The van der Waals surface area contributed by atoms with Crippen LogP contribution in [0.4, 0.5) is 0 Å². The molecule has 0 saturated heterocycles. The molecule has 37 heavy (non-hydrogen) atoms. The van der Waals surface area contributed by atoms with Crippen molar-refractivity contribution in [2.75, 3.05) is 6.54 Å². The lowest BCUT2D eigenvalue weighted by atomic mass is 10.0. The van der Waals surface area contributed by atoms with E-state index in [4.69, 9.17) is 4.42 Å². The number of nitrogens with one attached hydrogen (secondary N) is 2. The number of furan rings is 1. The zero-order valence-corrected chi connectivity index (χ0v) is 21.3. The van der Waals surface area contributed by atoms with Crippen LogP contribution in [0.25, 0.3) is 21.4 Å². The van der Waals surface area contributed by atoms with Crippen molar-refractivity contribution < 1.29 is 14.0 Å². The second kappa shape index (κ2) is 11.2. The molecule has 0 fully saturated rings. The van der Waals surface area contributed by atoms with Gasteiger partial charge in [-0.15, -0.1) is 11.3 Å². The SMILES string of the molecule is Cc1nc(C(=O)N[C@H](CCc2ccccc2)CNC(=O)c2cccc3occc23)c(-c2ccccc2)s1. The summed E-state index contributed by atoms with van der Waals surface area (Å²) in [6.45, 7) is 2.19. The Bertz CT molecular complexity index is 1510. The molecule has 6 nitrogen and oxygen atoms in total. The van der Waals surface area contributed by atoms with Gasteiger partial charge in [0.15, 0.2) is 0 Å². The highest BCUT2D eigenvalue weighted by Crippen LogP contribution is 2.30. The first kappa shape index (κ1) is 24.5. The second-order valence-electron chi connectivity index (χ2n) is 8.82. The predicted octanol–water partition coefficient (Wildman–Crippen LogP) is 6.03. The summed E-state index contributed by atoms with van der Waals surface area (Å²) in [5.41, 5.74) is 3.74. The van der Waals surface area contributed by atoms with E-state index in [9.17, 15) is 9.59 Å². The topological polar surface area (TPSA) is 84.2 Å². The van der Waals surface area contributed by atoms with E-state index in [1.54, 1.807) is 24.5 Å². The Morgan fingerprint density at radius 1 is 0.919 bits per heavy atom. The third kappa shape index (κ3) is 5.78. The van der Waals surface area contributed by atoms with Crippen molar-refractivity contribution in [3.05, 3.63) is 113 Å². The van der Waals surface area contributed by atoms with Gasteiger partial charge >= 0.3 is 0 Å². The quantitative estimate of drug-likeness (QED) is 0.254. The van der Waals surface area contributed by atoms with Crippen LogP contribution in [-0.4, -0.2) is 29.4 Å². The molecule has 0 unspecified atom stereocenters. The first-order chi connectivity index (χ1) is 18.1. The molecule has 2 aromatic heterocycles. The number of fused-ring (bicyclic) bond motifs is 1. The number of thiazole rings is 1. The number of amides is 2. The molecule has 0 radical (unpaired) electrons. The van der Waals surface area contributed by atoms with Crippen LogP contribution in [-0.2, 0) is 6.42 Å². The Hall–Kier alpha value is -4.23. The van der Waals surface area contributed by atoms with Crippen molar-refractivity contribution in [2.24, 2.45) is 0 Å². The van der Waals surface area contributed by atoms with Crippen molar-refractivity contribution in [2.45, 2.75) is 25.8 Å². The maximum absolute atomic E-state index is 13.4. The summed E-state index contributed by atoms with van der Waals surface area (Å²) >= 11 is 1.50. The van der Waals surface area contributed by atoms with E-state index in [-0.39, 0.29) is 24.4 Å². The van der Waals surface area contributed by atoms with Gasteiger partial charge in [-0.2, -0.15) is 0 Å². The first-order valence-electron chi connectivity index (χ1n) is 12.2. The molecule has 0 spiro atoms. The van der Waals surface area contributed by atoms with Crippen molar-refractivity contribution in [3.63, 3.8) is 0 Å². The van der Waals surface area contributed by atoms with Gasteiger partial charge < -0.3 is 15.1 Å². The molecule has 7 heteroatoms. The van der Waals surface area contributed by atoms with Crippen molar-refractivity contribution in [3.8, 4) is 10.4 Å². The monoisotopic (exact) mass is 509 g/mol. The molecule has 1 atom stereocenters. The average molecular weight is 510 g/mol. The standard InChI is InChI=1S/C30H27N3O3S/c1-20-32-27(28(37-20)22-11-6-3-7-12-22)30(35)33-23(16-15-21-9-4-2-5-10-21)19-31-29(34)25-13-8-14-26-24(25)17-18-36-26/h2-14,17-18,23H,15-16,19H2,1H3,(H,31,34)(H,33,35)/t23-/m1/s1. The summed E-state index contributed by atoms with van der Waals surface area (Å²) < 4.78 is 5.43. The van der Waals surface area contributed by atoms with E-state index in [2.05, 4.69) is 27.8 Å². The average Bonchev–Trinajstić information content (AvgIpc) is 3.57. The normalized spacial score (nSPS) is 11.8. The Balaban J connectivity index is 1.34. The summed E-state index contributed by atoms with van der Waals surface area (Å²) in [5.74, 6) is -0.451. The maximum atomic E-state index is 13.4. The van der Waals surface area contributed by atoms with Crippen molar-refractivity contribution >= 4 is 34.1 Å². The van der Waals surface area contributed by atoms with Crippen LogP contribution in [0.15, 0.2) is 95.6 Å². The summed E-state index contributed by atoms with van der Waals surface area (Å²) in [6, 6.07) is 26.8. The third-order valence-electron chi connectivity index (χ3n) is 6.19. The lowest BCUT2D eigenvalue weighted by Gasteiger charge is -2.20. The number of nitrogens with zero attached hydrogens (tertiary/aromatic N) is 1. The van der Waals surface area contributed by atoms with Gasteiger partial charge in [0.05, 0.1) is 21.7 Å². The lowest BCUT2D eigenvalue weighted by molar-refractivity contribution is 0.0905. The van der Waals surface area contributed by atoms with E-state index in [0.717, 1.165) is 27.3 Å². The van der Waals surface area contributed by atoms with Crippen LogP contribution in [0.3, 0.4) is 0 Å². The maximum Gasteiger partial charge on any atom is 0.271 e. The lowest BCUT2D eigenvalue weighted by Crippen LogP contribution is -2.44. The Morgan fingerprint density at radius 3 is 2.46 bits per heavy atom. The molecule has 5 aromatic rings. The van der Waals surface area contributed by atoms with Crippen LogP contribution >= 0.6 is 11.3 Å². The van der Waals surface area contributed by atoms with E-state index >= 15 is 0 Å². The number of aryl methyl sites for hydroxylation is 2. The van der Waals surface area contributed by atoms with Gasteiger partial charge in [0.25, 0.3) is 11.8 Å². The largest absolute Gasteiger partial charge is 0.464 e. The van der Waals surface area contributed by atoms with Gasteiger partial charge in [-0.05, 0) is 49.1 Å². The zero-order chi connectivity index (χ0) is 25.6. The highest BCUT2D eigenvalue weighted by atomic mass is 32.1. The van der Waals surface area contributed by atoms with Crippen LogP contribution < -0.4 is 10.6 Å². The minimum Gasteiger partial charge on any atom is -0.464 e. The number of aromatic nitrogens is 1. The molecule has 0 saturated carbocycles. The molecule has 2 heterocycles. The van der Waals surface area contributed by atoms with E-state index in [1.165, 1.54) is 16.9 Å². The molecular weight excluding hydrogens is 482 g/mol. The predicted molar refractivity (Wildman–Crippen MR) is 147 cm³/mol. The third-order valence-corrected chi connectivity index (χ3v) is 7.21. The summed E-state index contributed by atoms with van der Waals surface area (Å²) in [7, 11) is 0. The van der Waals surface area contributed by atoms with Gasteiger partial charge in [-0.3, -0.25) is 9.59 Å². The molecule has 186 valence electrons. The van der Waals surface area contributed by atoms with Gasteiger partial charge in [-0.25, -0.2) is 4.98 Å². The van der Waals surface area contributed by atoms with Gasteiger partial charge in [0, 0.05) is 18.0 Å². The molecule has 5 rings (SSSR count). The molecule has 0 aliphatic carbocycles. The van der Waals surface area contributed by atoms with Crippen LogP contribution in [0, 0.1) is 6.92 Å². The smallest absolute Gasteiger partial charge is 0.271 e. The minimum atomic E-state index is -0.286. The second-order valence-corrected chi connectivity index (χ2v) is 10.0. The summed E-state index contributed by atoms with van der Waals surface area (Å²) in [6.07, 6.45) is 3.00. The molecule has 2 N–H and O–H groups in total. The van der Waals surface area contributed by atoms with Crippen molar-refractivity contribution in [1.29, 1.82) is 0 Å². The molecule has 0 bridgehead atoms. The van der Waals surface area contributed by atoms with E-state index in [1.807, 2.05) is 61.5 Å². The van der Waals surface area contributed by atoms with Crippen LogP contribution in [0.1, 0.15) is 37.8 Å². The zero-order valence-electron chi connectivity index (χ0n) is 20.4. The number of carbonyl (C=O) groups excluding carboxylic acids is 2. The summed E-state index contributed by atoms with van der Waals surface area (Å²) in [5, 5.41) is 7.74. The fourth-order valence-electron chi connectivity index (χ4n) is 4.33. The Kier molecular flexibility index (Phi) is 7.42. The fourth-order valence-corrected chi connectivity index (χ4v) is 5.26. The number of hydrogen-bond donors (Lipinski definition) is 2. The minimum absolute atomic E-state index is 0.208.